The molecular formula is C15H18N4O2. The Bertz CT molecular complexity index is 601. The fourth-order valence-corrected chi connectivity index (χ4v) is 2.77. The Balaban J connectivity index is 1.61. The number of benzene rings is 1. The van der Waals surface area contributed by atoms with Gasteiger partial charge >= 0.3 is 0 Å². The number of aromatic nitrogens is 3. The van der Waals surface area contributed by atoms with Crippen molar-refractivity contribution in [3.63, 3.8) is 0 Å². The molecule has 1 heterocycles. The number of aliphatic hydroxyl groups is 1. The van der Waals surface area contributed by atoms with Crippen molar-refractivity contribution < 1.29 is 9.90 Å². The molecule has 6 heteroatoms. The van der Waals surface area contributed by atoms with Gasteiger partial charge in [-0.15, -0.1) is 0 Å². The van der Waals surface area contributed by atoms with Gasteiger partial charge in [-0.3, -0.25) is 9.89 Å². The third-order valence-electron chi connectivity index (χ3n) is 3.88. The van der Waals surface area contributed by atoms with E-state index in [1.54, 1.807) is 0 Å². The summed E-state index contributed by atoms with van der Waals surface area (Å²) in [7, 11) is 0. The number of nitrogens with one attached hydrogen (secondary N) is 2. The van der Waals surface area contributed by atoms with Crippen molar-refractivity contribution in [3.05, 3.63) is 30.6 Å². The van der Waals surface area contributed by atoms with E-state index >= 15 is 0 Å². The maximum Gasteiger partial charge on any atom is 0.227 e. The van der Waals surface area contributed by atoms with Gasteiger partial charge in [0.15, 0.2) is 5.82 Å². The predicted octanol–water partition coefficient (Wildman–Crippen LogP) is 2.11. The molecule has 6 nitrogen and oxygen atoms in total. The molecule has 0 radical (unpaired) electrons. The molecule has 0 bridgehead atoms. The van der Waals surface area contributed by atoms with Crippen molar-refractivity contribution in [1.29, 1.82) is 0 Å². The molecule has 1 fully saturated rings. The molecule has 0 spiro atoms. The SMILES string of the molecule is O=C(CC1(O)CCCC1)Nc1ccc(-c2ncn[nH]2)cc1. The maximum atomic E-state index is 12.0. The quantitative estimate of drug-likeness (QED) is 0.802. The molecule has 1 aromatic carbocycles. The molecule has 3 N–H and O–H groups in total. The minimum atomic E-state index is -0.816. The first-order valence-electron chi connectivity index (χ1n) is 7.13. The summed E-state index contributed by atoms with van der Waals surface area (Å²) in [5.74, 6) is 0.542. The highest BCUT2D eigenvalue weighted by atomic mass is 16.3. The number of carbonyl (C=O) groups is 1. The van der Waals surface area contributed by atoms with E-state index in [0.717, 1.165) is 18.4 Å². The van der Waals surface area contributed by atoms with Crippen molar-refractivity contribution in [2.45, 2.75) is 37.7 Å². The van der Waals surface area contributed by atoms with Crippen LogP contribution in [0.25, 0.3) is 11.4 Å². The Morgan fingerprint density at radius 3 is 2.62 bits per heavy atom. The second kappa shape index (κ2) is 5.65. The standard InChI is InChI=1S/C15H18N4O2/c20-13(9-15(21)7-1-2-8-15)18-12-5-3-11(4-6-12)14-16-10-17-19-14/h3-6,10,21H,1-2,7-9H2,(H,18,20)(H,16,17,19). The van der Waals surface area contributed by atoms with Crippen LogP contribution in [0.5, 0.6) is 0 Å². The largest absolute Gasteiger partial charge is 0.389 e. The predicted molar refractivity (Wildman–Crippen MR) is 78.5 cm³/mol. The van der Waals surface area contributed by atoms with E-state index in [-0.39, 0.29) is 12.3 Å². The summed E-state index contributed by atoms with van der Waals surface area (Å²) in [5, 5.41) is 19.6. The lowest BCUT2D eigenvalue weighted by Gasteiger charge is -2.21. The van der Waals surface area contributed by atoms with Gasteiger partial charge in [-0.2, -0.15) is 5.10 Å². The number of aromatic amines is 1. The molecular weight excluding hydrogens is 268 g/mol. The maximum absolute atomic E-state index is 12.0. The lowest BCUT2D eigenvalue weighted by molar-refractivity contribution is -0.120. The van der Waals surface area contributed by atoms with Crippen LogP contribution in [-0.4, -0.2) is 31.8 Å². The second-order valence-electron chi connectivity index (χ2n) is 5.57. The van der Waals surface area contributed by atoms with E-state index < -0.39 is 5.60 Å². The van der Waals surface area contributed by atoms with Crippen LogP contribution in [0.3, 0.4) is 0 Å². The van der Waals surface area contributed by atoms with Gasteiger partial charge in [-0.05, 0) is 37.1 Å². The summed E-state index contributed by atoms with van der Waals surface area (Å²) in [4.78, 5) is 16.1. The van der Waals surface area contributed by atoms with Crippen molar-refractivity contribution in [3.8, 4) is 11.4 Å². The van der Waals surface area contributed by atoms with Gasteiger partial charge in [0.05, 0.1) is 12.0 Å². The first-order chi connectivity index (χ1) is 10.1. The van der Waals surface area contributed by atoms with E-state index in [4.69, 9.17) is 0 Å². The summed E-state index contributed by atoms with van der Waals surface area (Å²) < 4.78 is 0. The van der Waals surface area contributed by atoms with E-state index in [1.165, 1.54) is 6.33 Å². The highest BCUT2D eigenvalue weighted by Gasteiger charge is 2.33. The first kappa shape index (κ1) is 13.8. The van der Waals surface area contributed by atoms with Gasteiger partial charge in [0.2, 0.25) is 5.91 Å². The van der Waals surface area contributed by atoms with Gasteiger partial charge < -0.3 is 10.4 Å². The molecule has 1 saturated carbocycles. The normalized spacial score (nSPS) is 16.8. The topological polar surface area (TPSA) is 90.9 Å². The summed E-state index contributed by atoms with van der Waals surface area (Å²) in [6.07, 6.45) is 5.03. The summed E-state index contributed by atoms with van der Waals surface area (Å²) in [6.45, 7) is 0. The van der Waals surface area contributed by atoms with Crippen LogP contribution in [0.4, 0.5) is 5.69 Å². The third-order valence-corrected chi connectivity index (χ3v) is 3.88. The van der Waals surface area contributed by atoms with E-state index in [0.29, 0.717) is 24.4 Å². The zero-order valence-corrected chi connectivity index (χ0v) is 11.7. The van der Waals surface area contributed by atoms with Crippen LogP contribution in [0.2, 0.25) is 0 Å². The van der Waals surface area contributed by atoms with Crippen LogP contribution < -0.4 is 5.32 Å². The van der Waals surface area contributed by atoms with Gasteiger partial charge in [-0.25, -0.2) is 4.98 Å². The molecule has 2 aromatic rings. The smallest absolute Gasteiger partial charge is 0.227 e. The highest BCUT2D eigenvalue weighted by molar-refractivity contribution is 5.91. The number of H-pyrrole nitrogens is 1. The van der Waals surface area contributed by atoms with Crippen molar-refractivity contribution in [1.82, 2.24) is 15.2 Å². The fraction of sp³-hybridized carbons (Fsp3) is 0.400. The molecule has 1 aromatic heterocycles. The number of nitrogens with zero attached hydrogens (tertiary/aromatic N) is 2. The van der Waals surface area contributed by atoms with Crippen LogP contribution in [0.15, 0.2) is 30.6 Å². The summed E-state index contributed by atoms with van der Waals surface area (Å²) in [6, 6.07) is 7.35. The molecule has 1 amide bonds. The molecule has 1 aliphatic carbocycles. The lowest BCUT2D eigenvalue weighted by atomic mass is 9.97. The highest BCUT2D eigenvalue weighted by Crippen LogP contribution is 2.32. The Kier molecular flexibility index (Phi) is 3.70. The number of hydrogen-bond acceptors (Lipinski definition) is 4. The summed E-state index contributed by atoms with van der Waals surface area (Å²) >= 11 is 0. The Hall–Kier alpha value is -2.21. The number of carbonyl (C=O) groups excluding carboxylic acids is 1. The van der Waals surface area contributed by atoms with Crippen molar-refractivity contribution in [2.75, 3.05) is 5.32 Å². The molecule has 0 unspecified atom stereocenters. The molecule has 0 saturated heterocycles. The number of amides is 1. The Morgan fingerprint density at radius 2 is 2.00 bits per heavy atom. The molecule has 0 aliphatic heterocycles. The average molecular weight is 286 g/mol. The molecule has 3 rings (SSSR count). The van der Waals surface area contributed by atoms with Gasteiger partial charge in [0, 0.05) is 11.3 Å². The molecule has 0 atom stereocenters. The Morgan fingerprint density at radius 1 is 1.29 bits per heavy atom. The zero-order valence-electron chi connectivity index (χ0n) is 11.7. The van der Waals surface area contributed by atoms with Crippen LogP contribution in [0, 0.1) is 0 Å². The average Bonchev–Trinajstić information content (AvgIpc) is 3.11. The van der Waals surface area contributed by atoms with Gasteiger partial charge in [-0.1, -0.05) is 12.8 Å². The fourth-order valence-electron chi connectivity index (χ4n) is 2.77. The summed E-state index contributed by atoms with van der Waals surface area (Å²) in [5.41, 5.74) is 0.800. The van der Waals surface area contributed by atoms with E-state index in [1.807, 2.05) is 24.3 Å². The third kappa shape index (κ3) is 3.28. The van der Waals surface area contributed by atoms with Crippen LogP contribution in [0.1, 0.15) is 32.1 Å². The molecule has 110 valence electrons. The molecule has 21 heavy (non-hydrogen) atoms. The zero-order chi connectivity index (χ0) is 14.7. The number of hydrogen-bond donors (Lipinski definition) is 3. The van der Waals surface area contributed by atoms with Crippen molar-refractivity contribution in [2.24, 2.45) is 0 Å². The minimum Gasteiger partial charge on any atom is -0.389 e. The monoisotopic (exact) mass is 286 g/mol. The first-order valence-corrected chi connectivity index (χ1v) is 7.13. The second-order valence-corrected chi connectivity index (χ2v) is 5.57. The lowest BCUT2D eigenvalue weighted by Crippen LogP contribution is -2.30. The van der Waals surface area contributed by atoms with Gasteiger partial charge in [0.25, 0.3) is 0 Å². The van der Waals surface area contributed by atoms with Crippen LogP contribution >= 0.6 is 0 Å². The van der Waals surface area contributed by atoms with Crippen LogP contribution in [-0.2, 0) is 4.79 Å². The minimum absolute atomic E-state index is 0.146. The van der Waals surface area contributed by atoms with Gasteiger partial charge in [0.1, 0.15) is 6.33 Å². The number of rotatable bonds is 4. The number of anilines is 1. The van der Waals surface area contributed by atoms with E-state index in [9.17, 15) is 9.90 Å². The molecule has 1 aliphatic rings. The van der Waals surface area contributed by atoms with E-state index in [2.05, 4.69) is 20.5 Å². The Labute approximate surface area is 122 Å². The van der Waals surface area contributed by atoms with Crippen molar-refractivity contribution >= 4 is 11.6 Å².